The Morgan fingerprint density at radius 2 is 1.67 bits per heavy atom. The van der Waals surface area contributed by atoms with E-state index in [1.54, 1.807) is 0 Å². The molecule has 0 saturated heterocycles. The van der Waals surface area contributed by atoms with Crippen LogP contribution >= 0.6 is 0 Å². The van der Waals surface area contributed by atoms with E-state index in [1.807, 2.05) is 54.6 Å². The molecular weight excluding hydrogens is 336 g/mol. The Labute approximate surface area is 161 Å². The van der Waals surface area contributed by atoms with Crippen LogP contribution in [-0.4, -0.2) is 11.6 Å². The van der Waals surface area contributed by atoms with Crippen LogP contribution in [0.2, 0.25) is 0 Å². The van der Waals surface area contributed by atoms with Gasteiger partial charge in [-0.3, -0.25) is 9.59 Å². The lowest BCUT2D eigenvalue weighted by atomic mass is 9.82. The largest absolute Gasteiger partial charge is 0.484 e. The molecule has 1 heterocycles. The lowest BCUT2D eigenvalue weighted by Crippen LogP contribution is -2.32. The van der Waals surface area contributed by atoms with Crippen molar-refractivity contribution in [3.8, 4) is 5.75 Å². The van der Waals surface area contributed by atoms with Crippen molar-refractivity contribution in [1.29, 1.82) is 0 Å². The Bertz CT molecular complexity index is 766. The number of carbonyl (C=O) groups is 2. The van der Waals surface area contributed by atoms with Crippen LogP contribution in [0.4, 0.5) is 0 Å². The van der Waals surface area contributed by atoms with Crippen LogP contribution in [0.15, 0.2) is 54.6 Å². The van der Waals surface area contributed by atoms with Crippen molar-refractivity contribution in [2.75, 3.05) is 0 Å². The Morgan fingerprint density at radius 3 is 2.44 bits per heavy atom. The van der Waals surface area contributed by atoms with Gasteiger partial charge in [0.15, 0.2) is 5.78 Å². The van der Waals surface area contributed by atoms with Crippen molar-refractivity contribution >= 4 is 11.6 Å². The summed E-state index contributed by atoms with van der Waals surface area (Å²) in [6, 6.07) is 17.3. The van der Waals surface area contributed by atoms with E-state index in [1.165, 1.54) is 12.8 Å². The molecule has 1 aliphatic heterocycles. The van der Waals surface area contributed by atoms with E-state index in [0.29, 0.717) is 30.6 Å². The summed E-state index contributed by atoms with van der Waals surface area (Å²) in [5.74, 6) is 0.662. The molecule has 2 aromatic carbocycles. The number of hydrogen-bond acceptors (Lipinski definition) is 3. The van der Waals surface area contributed by atoms with E-state index in [9.17, 15) is 9.59 Å². The van der Waals surface area contributed by atoms with Gasteiger partial charge in [-0.1, -0.05) is 68.7 Å². The molecule has 1 aliphatic rings. The molecule has 2 aromatic rings. The second-order valence-corrected chi connectivity index (χ2v) is 7.30. The van der Waals surface area contributed by atoms with E-state index in [2.05, 4.69) is 6.92 Å². The Hall–Kier alpha value is -2.42. The zero-order chi connectivity index (χ0) is 19.1. The van der Waals surface area contributed by atoms with Gasteiger partial charge in [-0.2, -0.15) is 0 Å². The van der Waals surface area contributed by atoms with Gasteiger partial charge >= 0.3 is 0 Å². The Kier molecular flexibility index (Phi) is 6.80. The third-order valence-electron chi connectivity index (χ3n) is 5.28. The third-order valence-corrected chi connectivity index (χ3v) is 5.28. The van der Waals surface area contributed by atoms with Gasteiger partial charge in [-0.05, 0) is 30.5 Å². The topological polar surface area (TPSA) is 43.4 Å². The first-order valence-corrected chi connectivity index (χ1v) is 10.1. The number of carbonyl (C=O) groups excluding carboxylic acids is 2. The summed E-state index contributed by atoms with van der Waals surface area (Å²) in [6.45, 7) is 2.16. The summed E-state index contributed by atoms with van der Waals surface area (Å²) in [5, 5.41) is 0. The molecule has 0 bridgehead atoms. The van der Waals surface area contributed by atoms with E-state index < -0.39 is 0 Å². The van der Waals surface area contributed by atoms with Gasteiger partial charge in [0.25, 0.3) is 0 Å². The number of para-hydroxylation sites is 1. The van der Waals surface area contributed by atoms with Crippen molar-refractivity contribution in [3.05, 3.63) is 65.7 Å². The second kappa shape index (κ2) is 9.50. The first kappa shape index (κ1) is 19.3. The van der Waals surface area contributed by atoms with Gasteiger partial charge in [0.05, 0.1) is 11.5 Å². The molecule has 142 valence electrons. The molecule has 0 spiro atoms. The van der Waals surface area contributed by atoms with Crippen LogP contribution in [0, 0.1) is 5.92 Å². The van der Waals surface area contributed by atoms with E-state index >= 15 is 0 Å². The van der Waals surface area contributed by atoms with E-state index in [4.69, 9.17) is 4.74 Å². The SMILES string of the molecule is CCCCCCC(=O)CCC1C(=O)c2ccccc2OC1c1ccccc1. The molecule has 0 radical (unpaired) electrons. The van der Waals surface area contributed by atoms with Crippen molar-refractivity contribution in [3.63, 3.8) is 0 Å². The zero-order valence-corrected chi connectivity index (χ0v) is 16.0. The summed E-state index contributed by atoms with van der Waals surface area (Å²) < 4.78 is 6.21. The number of ether oxygens (including phenoxy) is 1. The molecule has 2 atom stereocenters. The van der Waals surface area contributed by atoms with E-state index in [0.717, 1.165) is 18.4 Å². The van der Waals surface area contributed by atoms with Crippen LogP contribution in [0.3, 0.4) is 0 Å². The molecule has 27 heavy (non-hydrogen) atoms. The molecule has 2 unspecified atom stereocenters. The second-order valence-electron chi connectivity index (χ2n) is 7.30. The molecule has 0 aromatic heterocycles. The van der Waals surface area contributed by atoms with Crippen LogP contribution in [-0.2, 0) is 4.79 Å². The molecule has 0 N–H and O–H groups in total. The van der Waals surface area contributed by atoms with Crippen LogP contribution in [0.5, 0.6) is 5.75 Å². The summed E-state index contributed by atoms with van der Waals surface area (Å²) in [5.41, 5.74) is 1.62. The van der Waals surface area contributed by atoms with Crippen LogP contribution in [0.1, 0.15) is 73.9 Å². The molecule has 3 rings (SSSR count). The quantitative estimate of drug-likeness (QED) is 0.517. The fourth-order valence-electron chi connectivity index (χ4n) is 3.75. The average molecular weight is 364 g/mol. The predicted octanol–water partition coefficient (Wildman–Crippen LogP) is 5.94. The zero-order valence-electron chi connectivity index (χ0n) is 16.0. The van der Waals surface area contributed by atoms with Crippen molar-refractivity contribution < 1.29 is 14.3 Å². The third kappa shape index (κ3) is 4.85. The maximum Gasteiger partial charge on any atom is 0.173 e. The highest BCUT2D eigenvalue weighted by Gasteiger charge is 2.37. The number of ketones is 2. The lowest BCUT2D eigenvalue weighted by molar-refractivity contribution is -0.119. The lowest BCUT2D eigenvalue weighted by Gasteiger charge is -2.32. The minimum Gasteiger partial charge on any atom is -0.484 e. The normalized spacial score (nSPS) is 18.6. The van der Waals surface area contributed by atoms with Gasteiger partial charge < -0.3 is 4.74 Å². The summed E-state index contributed by atoms with van der Waals surface area (Å²) in [7, 11) is 0. The highest BCUT2D eigenvalue weighted by atomic mass is 16.5. The van der Waals surface area contributed by atoms with Gasteiger partial charge in [0.1, 0.15) is 17.6 Å². The maximum atomic E-state index is 13.1. The number of rotatable bonds is 9. The highest BCUT2D eigenvalue weighted by Crippen LogP contribution is 2.40. The minimum absolute atomic E-state index is 0.0875. The number of hydrogen-bond donors (Lipinski definition) is 0. The Balaban J connectivity index is 1.72. The van der Waals surface area contributed by atoms with Crippen LogP contribution in [0.25, 0.3) is 0 Å². The summed E-state index contributed by atoms with van der Waals surface area (Å²) in [4.78, 5) is 25.4. The number of fused-ring (bicyclic) bond motifs is 1. The van der Waals surface area contributed by atoms with Gasteiger partial charge in [0.2, 0.25) is 0 Å². The average Bonchev–Trinajstić information content (AvgIpc) is 2.71. The molecule has 0 aliphatic carbocycles. The van der Waals surface area contributed by atoms with E-state index in [-0.39, 0.29) is 23.6 Å². The molecular formula is C24H28O3. The number of benzene rings is 2. The number of unbranched alkanes of at least 4 members (excludes halogenated alkanes) is 3. The first-order valence-electron chi connectivity index (χ1n) is 10.1. The monoisotopic (exact) mass is 364 g/mol. The maximum absolute atomic E-state index is 13.1. The fraction of sp³-hybridized carbons (Fsp3) is 0.417. The van der Waals surface area contributed by atoms with Crippen LogP contribution < -0.4 is 4.74 Å². The van der Waals surface area contributed by atoms with Crippen molar-refractivity contribution in [2.24, 2.45) is 5.92 Å². The molecule has 3 heteroatoms. The minimum atomic E-state index is -0.332. The molecule has 3 nitrogen and oxygen atoms in total. The van der Waals surface area contributed by atoms with Crippen molar-refractivity contribution in [2.45, 2.75) is 58.0 Å². The molecule has 0 amide bonds. The van der Waals surface area contributed by atoms with Gasteiger partial charge in [-0.25, -0.2) is 0 Å². The smallest absolute Gasteiger partial charge is 0.173 e. The fourth-order valence-corrected chi connectivity index (χ4v) is 3.75. The molecule has 0 fully saturated rings. The van der Waals surface area contributed by atoms with Gasteiger partial charge in [-0.15, -0.1) is 0 Å². The highest BCUT2D eigenvalue weighted by molar-refractivity contribution is 6.01. The number of Topliss-reactive ketones (excluding diaryl/α,β-unsaturated/α-hetero) is 2. The summed E-state index contributed by atoms with van der Waals surface area (Å²) in [6.07, 6.45) is 5.67. The molecule has 0 saturated carbocycles. The van der Waals surface area contributed by atoms with Crippen molar-refractivity contribution in [1.82, 2.24) is 0 Å². The first-order chi connectivity index (χ1) is 13.2. The predicted molar refractivity (Wildman–Crippen MR) is 107 cm³/mol. The Morgan fingerprint density at radius 1 is 0.926 bits per heavy atom. The standard InChI is InChI=1S/C24H28O3/c1-2-3-4-8-13-19(25)16-17-21-23(26)20-14-9-10-15-22(20)27-24(21)18-11-6-5-7-12-18/h5-7,9-12,14-15,21,24H,2-4,8,13,16-17H2,1H3. The van der Waals surface area contributed by atoms with Gasteiger partial charge in [0, 0.05) is 12.8 Å². The summed E-state index contributed by atoms with van der Waals surface area (Å²) >= 11 is 0.